The van der Waals surface area contributed by atoms with Crippen LogP contribution in [0, 0.1) is 6.92 Å². The largest absolute Gasteiger partial charge is 0.508 e. The zero-order valence-corrected chi connectivity index (χ0v) is 15.1. The predicted molar refractivity (Wildman–Crippen MR) is 99.1 cm³/mol. The summed E-state index contributed by atoms with van der Waals surface area (Å²) in [5, 5.41) is 16.1. The van der Waals surface area contributed by atoms with Crippen LogP contribution in [0.1, 0.15) is 29.2 Å². The number of aromatic hydroxyl groups is 1. The van der Waals surface area contributed by atoms with E-state index in [1.54, 1.807) is 37.4 Å². The number of rotatable bonds is 6. The molecule has 2 aromatic carbocycles. The summed E-state index contributed by atoms with van der Waals surface area (Å²) in [7, 11) is 3.14. The molecule has 1 aliphatic rings. The van der Waals surface area contributed by atoms with E-state index in [1.807, 2.05) is 25.1 Å². The van der Waals surface area contributed by atoms with Gasteiger partial charge in [-0.3, -0.25) is 5.01 Å². The number of hydrogen-bond donors (Lipinski definition) is 1. The third kappa shape index (κ3) is 3.35. The Morgan fingerprint density at radius 3 is 2.58 bits per heavy atom. The number of aldehydes is 1. The third-order valence-electron chi connectivity index (χ3n) is 4.56. The Bertz CT molecular complexity index is 848. The number of carbonyl (C=O) groups is 1. The fourth-order valence-corrected chi connectivity index (χ4v) is 3.07. The summed E-state index contributed by atoms with van der Waals surface area (Å²) in [6.07, 6.45) is 1.62. The number of ether oxygens (including phenoxy) is 2. The molecule has 0 bridgehead atoms. The molecule has 136 valence electrons. The molecule has 0 saturated carbocycles. The van der Waals surface area contributed by atoms with E-state index in [-0.39, 0.29) is 5.75 Å². The molecule has 0 radical (unpaired) electrons. The first kappa shape index (κ1) is 17.8. The lowest BCUT2D eigenvalue weighted by molar-refractivity contribution is -0.112. The Kier molecular flexibility index (Phi) is 5.11. The summed E-state index contributed by atoms with van der Waals surface area (Å²) in [6.45, 7) is 2.50. The molecule has 6 nitrogen and oxygen atoms in total. The molecule has 2 aromatic rings. The highest BCUT2D eigenvalue weighted by molar-refractivity contribution is 6.01. The molecule has 0 aliphatic carbocycles. The molecule has 1 aliphatic heterocycles. The molecular weight excluding hydrogens is 332 g/mol. The molecule has 1 atom stereocenters. The van der Waals surface area contributed by atoms with E-state index >= 15 is 0 Å². The third-order valence-corrected chi connectivity index (χ3v) is 4.56. The van der Waals surface area contributed by atoms with Gasteiger partial charge in [0, 0.05) is 13.0 Å². The van der Waals surface area contributed by atoms with E-state index in [0.29, 0.717) is 18.0 Å². The van der Waals surface area contributed by atoms with Gasteiger partial charge in [-0.25, -0.2) is 0 Å². The standard InChI is InChI=1S/C20H22N2O4/c1-13-10-14(4-6-18(13)24)16-8-9-22(21-16)17(12-23)15-5-7-19(25-2)20(11-15)26-3/h4-7,10-12,17,24H,8-9H2,1-3H3. The van der Waals surface area contributed by atoms with Crippen molar-refractivity contribution in [1.82, 2.24) is 5.01 Å². The zero-order valence-electron chi connectivity index (χ0n) is 15.1. The second-order valence-electron chi connectivity index (χ2n) is 6.16. The second kappa shape index (κ2) is 7.47. The van der Waals surface area contributed by atoms with Crippen LogP contribution in [0.4, 0.5) is 0 Å². The summed E-state index contributed by atoms with van der Waals surface area (Å²) in [5.74, 6) is 1.46. The molecule has 0 aromatic heterocycles. The molecule has 1 N–H and O–H groups in total. The summed E-state index contributed by atoms with van der Waals surface area (Å²) >= 11 is 0. The first-order chi connectivity index (χ1) is 12.6. The van der Waals surface area contributed by atoms with Gasteiger partial charge < -0.3 is 19.4 Å². The number of aryl methyl sites for hydroxylation is 1. The van der Waals surface area contributed by atoms with Crippen LogP contribution in [0.15, 0.2) is 41.5 Å². The van der Waals surface area contributed by atoms with Gasteiger partial charge >= 0.3 is 0 Å². The minimum Gasteiger partial charge on any atom is -0.508 e. The Hall–Kier alpha value is -3.02. The van der Waals surface area contributed by atoms with Gasteiger partial charge in [0.05, 0.1) is 19.9 Å². The van der Waals surface area contributed by atoms with Gasteiger partial charge in [0.15, 0.2) is 11.5 Å². The molecule has 1 heterocycles. The quantitative estimate of drug-likeness (QED) is 0.807. The molecule has 3 rings (SSSR count). The SMILES string of the molecule is COc1ccc(C(C=O)N2CCC(c3ccc(O)c(C)c3)=N2)cc1OC. The van der Waals surface area contributed by atoms with Crippen molar-refractivity contribution in [3.05, 3.63) is 53.1 Å². The zero-order chi connectivity index (χ0) is 18.7. The van der Waals surface area contributed by atoms with Gasteiger partial charge in [-0.2, -0.15) is 5.10 Å². The van der Waals surface area contributed by atoms with Crippen molar-refractivity contribution in [3.63, 3.8) is 0 Å². The first-order valence-electron chi connectivity index (χ1n) is 8.38. The number of nitrogens with zero attached hydrogens (tertiary/aromatic N) is 2. The second-order valence-corrected chi connectivity index (χ2v) is 6.16. The van der Waals surface area contributed by atoms with Gasteiger partial charge in [0.2, 0.25) is 0 Å². The molecule has 1 unspecified atom stereocenters. The van der Waals surface area contributed by atoms with E-state index < -0.39 is 6.04 Å². The molecule has 26 heavy (non-hydrogen) atoms. The van der Waals surface area contributed by atoms with Gasteiger partial charge in [0.25, 0.3) is 0 Å². The van der Waals surface area contributed by atoms with Crippen molar-refractivity contribution < 1.29 is 19.4 Å². The van der Waals surface area contributed by atoms with E-state index in [2.05, 4.69) is 5.10 Å². The van der Waals surface area contributed by atoms with Crippen molar-refractivity contribution in [2.75, 3.05) is 20.8 Å². The lowest BCUT2D eigenvalue weighted by Gasteiger charge is -2.22. The maximum Gasteiger partial charge on any atom is 0.161 e. The lowest BCUT2D eigenvalue weighted by Crippen LogP contribution is -2.22. The number of phenols is 1. The number of benzene rings is 2. The van der Waals surface area contributed by atoms with Crippen molar-refractivity contribution in [1.29, 1.82) is 0 Å². The normalized spacial score (nSPS) is 14.7. The van der Waals surface area contributed by atoms with E-state index in [9.17, 15) is 9.90 Å². The van der Waals surface area contributed by atoms with Crippen molar-refractivity contribution in [3.8, 4) is 17.2 Å². The van der Waals surface area contributed by atoms with Crippen LogP contribution in [0.2, 0.25) is 0 Å². The monoisotopic (exact) mass is 354 g/mol. The van der Waals surface area contributed by atoms with Gasteiger partial charge in [0.1, 0.15) is 18.1 Å². The van der Waals surface area contributed by atoms with E-state index in [4.69, 9.17) is 9.47 Å². The van der Waals surface area contributed by atoms with Gasteiger partial charge in [-0.05, 0) is 53.9 Å². The summed E-state index contributed by atoms with van der Waals surface area (Å²) < 4.78 is 10.6. The number of hydrazone groups is 1. The highest BCUT2D eigenvalue weighted by Gasteiger charge is 2.25. The fourth-order valence-electron chi connectivity index (χ4n) is 3.07. The average molecular weight is 354 g/mol. The maximum absolute atomic E-state index is 11.8. The van der Waals surface area contributed by atoms with E-state index in [0.717, 1.165) is 35.1 Å². The number of methoxy groups -OCH3 is 2. The minimum atomic E-state index is -0.495. The average Bonchev–Trinajstić information content (AvgIpc) is 3.14. The Morgan fingerprint density at radius 2 is 1.92 bits per heavy atom. The number of hydrogen-bond acceptors (Lipinski definition) is 6. The van der Waals surface area contributed by atoms with Crippen LogP contribution in [0.5, 0.6) is 17.2 Å². The molecular formula is C20H22N2O4. The molecule has 0 fully saturated rings. The predicted octanol–water partition coefficient (Wildman–Crippen LogP) is 3.07. The van der Waals surface area contributed by atoms with Crippen molar-refractivity contribution in [2.45, 2.75) is 19.4 Å². The van der Waals surface area contributed by atoms with Gasteiger partial charge in [-0.1, -0.05) is 6.07 Å². The van der Waals surface area contributed by atoms with Crippen LogP contribution >= 0.6 is 0 Å². The number of carbonyl (C=O) groups excluding carboxylic acids is 1. The van der Waals surface area contributed by atoms with Crippen LogP contribution in [0.25, 0.3) is 0 Å². The van der Waals surface area contributed by atoms with Crippen LogP contribution < -0.4 is 9.47 Å². The number of phenolic OH excluding ortho intramolecular Hbond substituents is 1. The molecule has 6 heteroatoms. The molecule has 0 saturated heterocycles. The highest BCUT2D eigenvalue weighted by atomic mass is 16.5. The first-order valence-corrected chi connectivity index (χ1v) is 8.38. The van der Waals surface area contributed by atoms with Crippen LogP contribution in [-0.4, -0.2) is 42.9 Å². The Balaban J connectivity index is 1.88. The lowest BCUT2D eigenvalue weighted by atomic mass is 10.0. The summed E-state index contributed by atoms with van der Waals surface area (Å²) in [6, 6.07) is 10.4. The highest BCUT2D eigenvalue weighted by Crippen LogP contribution is 2.33. The molecule has 0 spiro atoms. The Labute approximate surface area is 152 Å². The summed E-state index contributed by atoms with van der Waals surface area (Å²) in [4.78, 5) is 11.8. The summed E-state index contributed by atoms with van der Waals surface area (Å²) in [5.41, 5.74) is 3.46. The van der Waals surface area contributed by atoms with Crippen molar-refractivity contribution in [2.24, 2.45) is 5.10 Å². The Morgan fingerprint density at radius 1 is 1.15 bits per heavy atom. The van der Waals surface area contributed by atoms with Gasteiger partial charge in [-0.15, -0.1) is 0 Å². The van der Waals surface area contributed by atoms with E-state index in [1.165, 1.54) is 0 Å². The molecule has 0 amide bonds. The smallest absolute Gasteiger partial charge is 0.161 e. The fraction of sp³-hybridized carbons (Fsp3) is 0.300. The topological polar surface area (TPSA) is 71.4 Å². The van der Waals surface area contributed by atoms with Crippen LogP contribution in [0.3, 0.4) is 0 Å². The maximum atomic E-state index is 11.8. The van der Waals surface area contributed by atoms with Crippen LogP contribution in [-0.2, 0) is 4.79 Å². The van der Waals surface area contributed by atoms with Crippen molar-refractivity contribution >= 4 is 12.0 Å². The minimum absolute atomic E-state index is 0.264.